The molecule has 0 amide bonds. The highest BCUT2D eigenvalue weighted by Crippen LogP contribution is 2.38. The quantitative estimate of drug-likeness (QED) is 0.0195. The molecule has 0 aromatic rings. The van der Waals surface area contributed by atoms with Gasteiger partial charge in [-0.3, -0.25) is 14.2 Å². The van der Waals surface area contributed by atoms with Crippen molar-refractivity contribution < 1.29 is 42.1 Å². The summed E-state index contributed by atoms with van der Waals surface area (Å²) in [6.45, 7) is 4.21. The highest BCUT2D eigenvalue weighted by molar-refractivity contribution is 7.45. The number of esters is 2. The maximum atomic E-state index is 12.8. The van der Waals surface area contributed by atoms with E-state index in [4.69, 9.17) is 18.5 Å². The maximum absolute atomic E-state index is 12.8. The van der Waals surface area contributed by atoms with E-state index in [0.717, 1.165) is 70.6 Å². The molecule has 0 heterocycles. The Balaban J connectivity index is 4.09. The lowest BCUT2D eigenvalue weighted by Gasteiger charge is -2.28. The number of hydrogen-bond donors (Lipinski definition) is 0. The van der Waals surface area contributed by atoms with Crippen LogP contribution in [0.3, 0.4) is 0 Å². The van der Waals surface area contributed by atoms with Gasteiger partial charge in [0.15, 0.2) is 6.10 Å². The van der Waals surface area contributed by atoms with Gasteiger partial charge >= 0.3 is 11.9 Å². The fourth-order valence-electron chi connectivity index (χ4n) is 8.34. The Morgan fingerprint density at radius 3 is 1.14 bits per heavy atom. The van der Waals surface area contributed by atoms with E-state index in [1.807, 2.05) is 21.1 Å². The fraction of sp³-hybridized carbons (Fsp3) is 0.806. The number of carbonyl (C=O) groups is 2. The molecule has 0 spiro atoms. The van der Waals surface area contributed by atoms with Gasteiger partial charge in [0.05, 0.1) is 27.7 Å². The van der Waals surface area contributed by atoms with Crippen molar-refractivity contribution in [2.45, 2.75) is 277 Å². The van der Waals surface area contributed by atoms with Crippen LogP contribution in [0.5, 0.6) is 0 Å². The molecule has 0 N–H and O–H groups in total. The molecule has 0 aromatic heterocycles. The molecule has 9 nitrogen and oxygen atoms in total. The average molecular weight is 1030 g/mol. The molecule has 0 aliphatic heterocycles. The van der Waals surface area contributed by atoms with Crippen LogP contribution in [0.2, 0.25) is 0 Å². The second-order valence-electron chi connectivity index (χ2n) is 21.4. The summed E-state index contributed by atoms with van der Waals surface area (Å²) in [7, 11) is 1.16. The first kappa shape index (κ1) is 69.7. The third-order valence-electron chi connectivity index (χ3n) is 13.0. The van der Waals surface area contributed by atoms with Gasteiger partial charge in [0, 0.05) is 12.8 Å². The zero-order valence-electron chi connectivity index (χ0n) is 47.6. The first-order valence-corrected chi connectivity index (χ1v) is 31.5. The lowest BCUT2D eigenvalue weighted by Crippen LogP contribution is -2.37. The van der Waals surface area contributed by atoms with Crippen molar-refractivity contribution >= 4 is 19.8 Å². The third kappa shape index (κ3) is 57.0. The Morgan fingerprint density at radius 2 is 0.750 bits per heavy atom. The summed E-state index contributed by atoms with van der Waals surface area (Å²) in [5.41, 5.74) is 0. The molecule has 0 bridgehead atoms. The zero-order chi connectivity index (χ0) is 52.7. The zero-order valence-corrected chi connectivity index (χ0v) is 48.5. The van der Waals surface area contributed by atoms with Gasteiger partial charge in [-0.05, 0) is 83.5 Å². The number of rotatable bonds is 55. The van der Waals surface area contributed by atoms with Crippen molar-refractivity contribution in [1.29, 1.82) is 0 Å². The van der Waals surface area contributed by atoms with E-state index in [0.29, 0.717) is 17.4 Å². The predicted molar refractivity (Wildman–Crippen MR) is 305 cm³/mol. The molecule has 10 heteroatoms. The number of allylic oxidation sites excluding steroid dienone is 10. The first-order chi connectivity index (χ1) is 35.0. The number of nitrogens with zero attached hydrogens (tertiary/aromatic N) is 1. The SMILES string of the molecule is CCCCC/C=C\C/C=C\CCCCCCCCCC(=O)OCC(COP(=O)([O-])OCC[N+](C)(C)C)OC(=O)CCCCCCCCCCCCCCCCCC/C=C\C/C=C\C/C=C\CCCCCCC. The number of phosphoric ester groups is 1. The van der Waals surface area contributed by atoms with E-state index >= 15 is 0 Å². The van der Waals surface area contributed by atoms with Crippen LogP contribution in [0.15, 0.2) is 60.8 Å². The molecule has 0 aliphatic carbocycles. The molecule has 0 aliphatic rings. The van der Waals surface area contributed by atoms with Crippen LogP contribution in [0.4, 0.5) is 0 Å². The Kier molecular flexibility index (Phi) is 51.8. The number of carbonyl (C=O) groups excluding carboxylic acids is 2. The minimum Gasteiger partial charge on any atom is -0.756 e. The monoisotopic (exact) mass is 1030 g/mol. The van der Waals surface area contributed by atoms with Gasteiger partial charge < -0.3 is 27.9 Å². The summed E-state index contributed by atoms with van der Waals surface area (Å²) in [6.07, 6.45) is 68.4. The molecule has 2 unspecified atom stereocenters. The van der Waals surface area contributed by atoms with Gasteiger partial charge in [-0.25, -0.2) is 0 Å². The lowest BCUT2D eigenvalue weighted by atomic mass is 10.0. The molecule has 0 fully saturated rings. The topological polar surface area (TPSA) is 111 Å². The highest BCUT2D eigenvalue weighted by atomic mass is 31.2. The number of quaternary nitrogens is 1. The molecule has 72 heavy (non-hydrogen) atoms. The van der Waals surface area contributed by atoms with Crippen molar-refractivity contribution in [2.24, 2.45) is 0 Å². The van der Waals surface area contributed by atoms with E-state index in [-0.39, 0.29) is 32.0 Å². The summed E-state index contributed by atoms with van der Waals surface area (Å²) >= 11 is 0. The average Bonchev–Trinajstić information content (AvgIpc) is 3.34. The van der Waals surface area contributed by atoms with Gasteiger partial charge in [-0.15, -0.1) is 0 Å². The van der Waals surface area contributed by atoms with E-state index < -0.39 is 26.5 Å². The fourth-order valence-corrected chi connectivity index (χ4v) is 9.07. The first-order valence-electron chi connectivity index (χ1n) is 30.0. The minimum absolute atomic E-state index is 0.0329. The molecule has 420 valence electrons. The van der Waals surface area contributed by atoms with E-state index in [9.17, 15) is 19.0 Å². The second-order valence-corrected chi connectivity index (χ2v) is 22.8. The Labute approximate surface area is 445 Å². The summed E-state index contributed by atoms with van der Waals surface area (Å²) in [6, 6.07) is 0. The second kappa shape index (κ2) is 53.5. The summed E-state index contributed by atoms with van der Waals surface area (Å²) < 4.78 is 34.2. The normalized spacial score (nSPS) is 13.7. The largest absolute Gasteiger partial charge is 0.756 e. The van der Waals surface area contributed by atoms with Crippen molar-refractivity contribution in [3.05, 3.63) is 60.8 Å². The summed E-state index contributed by atoms with van der Waals surface area (Å²) in [5.74, 6) is -0.836. The van der Waals surface area contributed by atoms with Crippen LogP contribution in [-0.2, 0) is 32.7 Å². The van der Waals surface area contributed by atoms with Crippen molar-refractivity contribution in [3.63, 3.8) is 0 Å². The molecule has 0 saturated carbocycles. The van der Waals surface area contributed by atoms with Crippen molar-refractivity contribution in [1.82, 2.24) is 0 Å². The molecule has 2 atom stereocenters. The van der Waals surface area contributed by atoms with Crippen LogP contribution in [0.1, 0.15) is 271 Å². The number of likely N-dealkylation sites (N-methyl/N-ethyl adjacent to an activating group) is 1. The van der Waals surface area contributed by atoms with Crippen LogP contribution in [-0.4, -0.2) is 70.0 Å². The van der Waals surface area contributed by atoms with Gasteiger partial charge in [0.1, 0.15) is 19.8 Å². The molecular weight excluding hydrogens is 918 g/mol. The van der Waals surface area contributed by atoms with Crippen LogP contribution in [0.25, 0.3) is 0 Å². The number of unbranched alkanes of at least 4 members (excludes halogenated alkanes) is 31. The maximum Gasteiger partial charge on any atom is 0.306 e. The number of hydrogen-bond acceptors (Lipinski definition) is 8. The van der Waals surface area contributed by atoms with Crippen LogP contribution >= 0.6 is 7.82 Å². The van der Waals surface area contributed by atoms with Gasteiger partial charge in [0.25, 0.3) is 7.82 Å². The molecule has 0 aromatic carbocycles. The molecule has 0 radical (unpaired) electrons. The van der Waals surface area contributed by atoms with Gasteiger partial charge in [-0.2, -0.15) is 0 Å². The van der Waals surface area contributed by atoms with Gasteiger partial charge in [0.2, 0.25) is 0 Å². The Bertz CT molecular complexity index is 1400. The lowest BCUT2D eigenvalue weighted by molar-refractivity contribution is -0.870. The van der Waals surface area contributed by atoms with E-state index in [1.54, 1.807) is 0 Å². The Morgan fingerprint density at radius 1 is 0.431 bits per heavy atom. The van der Waals surface area contributed by atoms with Crippen LogP contribution < -0.4 is 4.89 Å². The molecule has 0 rings (SSSR count). The minimum atomic E-state index is -4.64. The number of phosphoric acid groups is 1. The predicted octanol–water partition coefficient (Wildman–Crippen LogP) is 18.1. The summed E-state index contributed by atoms with van der Waals surface area (Å²) in [4.78, 5) is 37.9. The van der Waals surface area contributed by atoms with E-state index in [1.165, 1.54) is 167 Å². The van der Waals surface area contributed by atoms with E-state index in [2.05, 4.69) is 74.6 Å². The highest BCUT2D eigenvalue weighted by Gasteiger charge is 2.22. The van der Waals surface area contributed by atoms with Crippen molar-refractivity contribution in [2.75, 3.05) is 47.5 Å². The standard InChI is InChI=1S/C62H114NO8P/c1-6-8-10-12-14-16-18-20-22-24-25-26-27-28-29-30-31-32-33-34-35-36-37-39-41-43-45-47-49-51-53-55-62(65)71-60(59-70-72(66,67)69-57-56-63(3,4)5)58-68-61(64)54-52-50-48-46-44-42-40-38-23-21-19-17-15-13-11-9-7-2/h15,17-18,20-21,23-25,27-28,60H,6-14,16,19,22,26,29-59H2,1-5H3/b17-15-,20-18-,23-21-,25-24-,28-27-. The summed E-state index contributed by atoms with van der Waals surface area (Å²) in [5, 5.41) is 0. The molecule has 0 saturated heterocycles. The smallest absolute Gasteiger partial charge is 0.306 e. The van der Waals surface area contributed by atoms with Crippen LogP contribution in [0, 0.1) is 0 Å². The molecular formula is C62H114NO8P. The third-order valence-corrected chi connectivity index (χ3v) is 14.0. The number of ether oxygens (including phenoxy) is 2. The Hall–Kier alpha value is -2.29. The van der Waals surface area contributed by atoms with Gasteiger partial charge in [-0.1, -0.05) is 235 Å². The van der Waals surface area contributed by atoms with Crippen molar-refractivity contribution in [3.8, 4) is 0 Å².